The van der Waals surface area contributed by atoms with Crippen LogP contribution in [0.15, 0.2) is 28.2 Å². The number of rotatable bonds is 5. The Balaban J connectivity index is 0.00000301. The first-order chi connectivity index (χ1) is 12.1. The molecule has 0 aliphatic carbocycles. The lowest BCUT2D eigenvalue weighted by Crippen LogP contribution is -2.31. The second-order valence-electron chi connectivity index (χ2n) is 4.84. The molecule has 1 aromatic carbocycles. The van der Waals surface area contributed by atoms with Crippen LogP contribution >= 0.6 is 0 Å². The normalized spacial score (nSPS) is 9.96. The van der Waals surface area contributed by atoms with Crippen molar-refractivity contribution in [2.24, 2.45) is 5.10 Å². The van der Waals surface area contributed by atoms with E-state index in [0.29, 0.717) is 5.69 Å². The summed E-state index contributed by atoms with van der Waals surface area (Å²) in [5.74, 6) is -0.857. The van der Waals surface area contributed by atoms with Gasteiger partial charge in [-0.3, -0.25) is 5.01 Å². The molecule has 1 N–H and O–H groups in total. The average Bonchev–Trinajstić information content (AvgIpc) is 2.61. The molecule has 146 valence electrons. The van der Waals surface area contributed by atoms with Gasteiger partial charge in [-0.25, -0.2) is 22.7 Å². The van der Waals surface area contributed by atoms with E-state index in [1.807, 2.05) is 13.8 Å². The Bertz CT molecular complexity index is 770. The summed E-state index contributed by atoms with van der Waals surface area (Å²) in [6.45, 7) is 7.55. The molecule has 1 aromatic rings. The number of ether oxygens (including phenoxy) is 2. The fourth-order valence-corrected chi connectivity index (χ4v) is 2.91. The monoisotopic (exact) mass is 387 g/mol. The molecule has 1 amide bonds. The lowest BCUT2D eigenvalue weighted by molar-refractivity contribution is 0.0596. The highest BCUT2D eigenvalue weighted by Crippen LogP contribution is 2.24. The summed E-state index contributed by atoms with van der Waals surface area (Å²) in [6.07, 6.45) is -1.17. The first-order valence-electron chi connectivity index (χ1n) is 7.71. The maximum absolute atomic E-state index is 12.4. The molecule has 0 unspecified atom stereocenters. The van der Waals surface area contributed by atoms with E-state index < -0.39 is 27.0 Å². The van der Waals surface area contributed by atoms with Crippen LogP contribution in [0.5, 0.6) is 0 Å². The molecule has 0 saturated heterocycles. The van der Waals surface area contributed by atoms with Crippen LogP contribution < -0.4 is 9.73 Å². The molecule has 0 spiro atoms. The van der Waals surface area contributed by atoms with Gasteiger partial charge >= 0.3 is 12.1 Å². The number of nitrogens with one attached hydrogen (secondary N) is 1. The van der Waals surface area contributed by atoms with E-state index in [0.717, 1.165) is 19.9 Å². The number of nitrogens with zero attached hydrogens (tertiary/aromatic N) is 2. The summed E-state index contributed by atoms with van der Waals surface area (Å²) < 4.78 is 35.3. The minimum absolute atomic E-state index is 0.219. The van der Waals surface area contributed by atoms with Gasteiger partial charge in [0.05, 0.1) is 25.5 Å². The number of hydrazone groups is 1. The molecule has 10 heteroatoms. The van der Waals surface area contributed by atoms with Gasteiger partial charge < -0.3 is 9.47 Å². The van der Waals surface area contributed by atoms with Crippen molar-refractivity contribution >= 4 is 33.5 Å². The van der Waals surface area contributed by atoms with E-state index in [2.05, 4.69) is 14.6 Å². The van der Waals surface area contributed by atoms with Gasteiger partial charge in [-0.05, 0) is 32.0 Å². The van der Waals surface area contributed by atoms with Crippen molar-refractivity contribution in [3.8, 4) is 0 Å². The van der Waals surface area contributed by atoms with Crippen molar-refractivity contribution in [1.82, 2.24) is 4.72 Å². The molecular weight excluding hydrogens is 362 g/mol. The minimum atomic E-state index is -4.34. The zero-order valence-electron chi connectivity index (χ0n) is 16.0. The number of amides is 1. The van der Waals surface area contributed by atoms with Crippen molar-refractivity contribution in [3.05, 3.63) is 23.8 Å². The molecule has 9 nitrogen and oxygen atoms in total. The molecule has 0 atom stereocenters. The number of sulfonamides is 1. The number of hydrogen-bond donors (Lipinski definition) is 1. The molecule has 1 rings (SSSR count). The third kappa shape index (κ3) is 6.36. The lowest BCUT2D eigenvalue weighted by Gasteiger charge is -2.17. The highest BCUT2D eigenvalue weighted by molar-refractivity contribution is 7.90. The van der Waals surface area contributed by atoms with Crippen LogP contribution in [0, 0.1) is 0 Å². The summed E-state index contributed by atoms with van der Waals surface area (Å²) in [5, 5.41) is 5.61. The van der Waals surface area contributed by atoms with Gasteiger partial charge in [-0.1, -0.05) is 13.8 Å². The third-order valence-corrected chi connectivity index (χ3v) is 4.14. The smallest absolute Gasteiger partial charge is 0.420 e. The highest BCUT2D eigenvalue weighted by Gasteiger charge is 2.26. The standard InChI is InChI=1S/C14H19N3O6S.C2H6/c1-9(2)15-17(3)10-6-7-11(13(18)22-4)12(8-10)24(20,21)16-14(19)23-5;1-2/h6-8H,1-5H3,(H,16,19);1-2H3. The molecule has 0 saturated carbocycles. The molecule has 0 bridgehead atoms. The van der Waals surface area contributed by atoms with Crippen molar-refractivity contribution in [2.75, 3.05) is 26.3 Å². The maximum atomic E-state index is 12.4. The number of anilines is 1. The Morgan fingerprint density at radius 2 is 1.69 bits per heavy atom. The zero-order chi connectivity index (χ0) is 20.5. The first-order valence-corrected chi connectivity index (χ1v) is 9.19. The number of carbonyl (C=O) groups is 2. The predicted molar refractivity (Wildman–Crippen MR) is 99.0 cm³/mol. The topological polar surface area (TPSA) is 114 Å². The van der Waals surface area contributed by atoms with Gasteiger partial charge in [0.25, 0.3) is 10.0 Å². The third-order valence-electron chi connectivity index (χ3n) is 2.79. The van der Waals surface area contributed by atoms with Gasteiger partial charge in [0.15, 0.2) is 0 Å². The predicted octanol–water partition coefficient (Wildman–Crippen LogP) is 2.38. The van der Waals surface area contributed by atoms with E-state index in [4.69, 9.17) is 0 Å². The van der Waals surface area contributed by atoms with Crippen LogP contribution in [-0.2, 0) is 19.5 Å². The Hall–Kier alpha value is -2.62. The largest absolute Gasteiger partial charge is 0.465 e. The van der Waals surface area contributed by atoms with Crippen molar-refractivity contribution in [2.45, 2.75) is 32.6 Å². The zero-order valence-corrected chi connectivity index (χ0v) is 16.8. The molecule has 26 heavy (non-hydrogen) atoms. The van der Waals surface area contributed by atoms with Gasteiger partial charge in [0.2, 0.25) is 0 Å². The molecule has 0 fully saturated rings. The van der Waals surface area contributed by atoms with Crippen LogP contribution in [0.25, 0.3) is 0 Å². The number of esters is 1. The molecule has 0 radical (unpaired) electrons. The number of methoxy groups -OCH3 is 2. The van der Waals surface area contributed by atoms with Gasteiger partial charge in [0.1, 0.15) is 4.90 Å². The summed E-state index contributed by atoms with van der Waals surface area (Å²) in [4.78, 5) is 22.7. The lowest BCUT2D eigenvalue weighted by atomic mass is 10.2. The van der Waals surface area contributed by atoms with E-state index >= 15 is 0 Å². The van der Waals surface area contributed by atoms with E-state index in [1.54, 1.807) is 25.6 Å². The molecule has 0 aliphatic heterocycles. The fraction of sp³-hybridized carbons (Fsp3) is 0.438. The molecule has 0 heterocycles. The summed E-state index contributed by atoms with van der Waals surface area (Å²) in [7, 11) is -0.582. The Labute approximate surface area is 154 Å². The number of hydrogen-bond acceptors (Lipinski definition) is 8. The molecular formula is C16H25N3O6S. The Morgan fingerprint density at radius 3 is 2.15 bits per heavy atom. The number of carbonyl (C=O) groups excluding carboxylic acids is 2. The van der Waals surface area contributed by atoms with Gasteiger partial charge in [-0.15, -0.1) is 0 Å². The average molecular weight is 387 g/mol. The maximum Gasteiger partial charge on any atom is 0.420 e. The molecule has 0 aromatic heterocycles. The highest BCUT2D eigenvalue weighted by atomic mass is 32.2. The van der Waals surface area contributed by atoms with Gasteiger partial charge in [-0.2, -0.15) is 5.10 Å². The Kier molecular flexibility index (Phi) is 9.34. The second kappa shape index (κ2) is 10.4. The van der Waals surface area contributed by atoms with Crippen LogP contribution in [-0.4, -0.2) is 47.5 Å². The second-order valence-corrected chi connectivity index (χ2v) is 6.49. The number of benzene rings is 1. The van der Waals surface area contributed by atoms with E-state index in [9.17, 15) is 18.0 Å². The van der Waals surface area contributed by atoms with Crippen LogP contribution in [0.3, 0.4) is 0 Å². The van der Waals surface area contributed by atoms with Crippen molar-refractivity contribution in [1.29, 1.82) is 0 Å². The summed E-state index contributed by atoms with van der Waals surface area (Å²) >= 11 is 0. The van der Waals surface area contributed by atoms with E-state index in [-0.39, 0.29) is 5.56 Å². The van der Waals surface area contributed by atoms with E-state index in [1.165, 1.54) is 23.2 Å². The van der Waals surface area contributed by atoms with Gasteiger partial charge in [0, 0.05) is 12.8 Å². The van der Waals surface area contributed by atoms with Crippen molar-refractivity contribution < 1.29 is 27.5 Å². The SMILES string of the molecule is CC.COC(=O)NS(=O)(=O)c1cc(N(C)N=C(C)C)ccc1C(=O)OC. The quantitative estimate of drug-likeness (QED) is 0.468. The summed E-state index contributed by atoms with van der Waals surface area (Å²) in [5.41, 5.74) is 0.920. The fourth-order valence-electron chi connectivity index (χ4n) is 1.78. The summed E-state index contributed by atoms with van der Waals surface area (Å²) in [6, 6.07) is 4.00. The van der Waals surface area contributed by atoms with Crippen molar-refractivity contribution in [3.63, 3.8) is 0 Å². The minimum Gasteiger partial charge on any atom is -0.465 e. The van der Waals surface area contributed by atoms with Crippen LogP contribution in [0.1, 0.15) is 38.1 Å². The van der Waals surface area contributed by atoms with Crippen LogP contribution in [0.4, 0.5) is 10.5 Å². The van der Waals surface area contributed by atoms with Crippen LogP contribution in [0.2, 0.25) is 0 Å². The Morgan fingerprint density at radius 1 is 1.12 bits per heavy atom. The first kappa shape index (κ1) is 23.4. The molecule has 0 aliphatic rings.